The molecular weight excluding hydrogens is 388 g/mol. The molecule has 0 spiro atoms. The maximum Gasteiger partial charge on any atom is 0.0704 e. The van der Waals surface area contributed by atoms with Crippen molar-refractivity contribution in [1.29, 1.82) is 0 Å². The van der Waals surface area contributed by atoms with E-state index < -0.39 is 0 Å². The van der Waals surface area contributed by atoms with Crippen LogP contribution in [0.25, 0.3) is 22.4 Å². The fraction of sp³-hybridized carbons (Fsp3) is 0.267. The van der Waals surface area contributed by atoms with E-state index in [2.05, 4.69) is 105 Å². The Kier molecular flexibility index (Phi) is 5.97. The van der Waals surface area contributed by atoms with Crippen LogP contribution in [0.3, 0.4) is 0 Å². The van der Waals surface area contributed by atoms with Crippen molar-refractivity contribution in [2.75, 3.05) is 0 Å². The summed E-state index contributed by atoms with van der Waals surface area (Å²) in [5, 5.41) is 0. The molecule has 32 heavy (non-hydrogen) atoms. The third-order valence-electron chi connectivity index (χ3n) is 6.10. The van der Waals surface area contributed by atoms with Crippen LogP contribution < -0.4 is 0 Å². The first kappa shape index (κ1) is 22.0. The number of benzene rings is 2. The van der Waals surface area contributed by atoms with E-state index in [1.54, 1.807) is 0 Å². The Bertz CT molecular complexity index is 1190. The van der Waals surface area contributed by atoms with Crippen LogP contribution in [0.1, 0.15) is 51.3 Å². The van der Waals surface area contributed by atoms with Gasteiger partial charge in [-0.05, 0) is 57.7 Å². The highest BCUT2D eigenvalue weighted by atomic mass is 14.7. The Morgan fingerprint density at radius 2 is 1.50 bits per heavy atom. The molecule has 0 aliphatic heterocycles. The lowest BCUT2D eigenvalue weighted by molar-refractivity contribution is 0.521. The van der Waals surface area contributed by atoms with E-state index in [-0.39, 0.29) is 10.8 Å². The van der Waals surface area contributed by atoms with E-state index in [0.717, 1.165) is 17.7 Å². The summed E-state index contributed by atoms with van der Waals surface area (Å²) in [7, 11) is 0. The molecule has 2 heteroatoms. The molecule has 0 fully saturated rings. The largest absolute Gasteiger partial charge is 0.264 e. The molecule has 2 aromatic carbocycles. The normalized spacial score (nSPS) is 12.0. The minimum Gasteiger partial charge on any atom is -0.264 e. The summed E-state index contributed by atoms with van der Waals surface area (Å²) in [6.07, 6.45) is 6.59. The predicted molar refractivity (Wildman–Crippen MR) is 135 cm³/mol. The lowest BCUT2D eigenvalue weighted by Crippen LogP contribution is -2.22. The second-order valence-corrected chi connectivity index (χ2v) is 10.2. The van der Waals surface area contributed by atoms with E-state index in [0.29, 0.717) is 0 Å². The highest BCUT2D eigenvalue weighted by Gasteiger charge is 2.26. The van der Waals surface area contributed by atoms with Crippen LogP contribution in [0, 0.1) is 0 Å². The zero-order valence-electron chi connectivity index (χ0n) is 19.8. The van der Waals surface area contributed by atoms with Crippen molar-refractivity contribution in [3.8, 4) is 22.4 Å². The van der Waals surface area contributed by atoms with Crippen LogP contribution in [-0.2, 0) is 17.3 Å². The monoisotopic (exact) mass is 420 g/mol. The zero-order chi connectivity index (χ0) is 22.8. The molecule has 2 heterocycles. The zero-order valence-corrected chi connectivity index (χ0v) is 19.8. The van der Waals surface area contributed by atoms with Crippen molar-refractivity contribution in [3.05, 3.63) is 108 Å². The Balaban J connectivity index is 1.77. The van der Waals surface area contributed by atoms with Gasteiger partial charge < -0.3 is 0 Å². The van der Waals surface area contributed by atoms with Crippen LogP contribution in [0.4, 0.5) is 0 Å². The summed E-state index contributed by atoms with van der Waals surface area (Å²) < 4.78 is 0. The first-order valence-electron chi connectivity index (χ1n) is 11.3. The lowest BCUT2D eigenvalue weighted by Gasteiger charge is -2.29. The van der Waals surface area contributed by atoms with Crippen LogP contribution in [-0.4, -0.2) is 9.97 Å². The van der Waals surface area contributed by atoms with Gasteiger partial charge in [-0.2, -0.15) is 0 Å². The summed E-state index contributed by atoms with van der Waals surface area (Å²) >= 11 is 0. The van der Waals surface area contributed by atoms with E-state index >= 15 is 0 Å². The van der Waals surface area contributed by atoms with Crippen LogP contribution in [0.5, 0.6) is 0 Å². The SMILES string of the molecule is CC(C)(C)c1cc(CC(C)(C)c2ccccc2-c2ccccn2)cc(-c2cccnc2)c1. The third kappa shape index (κ3) is 4.80. The van der Waals surface area contributed by atoms with E-state index in [9.17, 15) is 0 Å². The fourth-order valence-electron chi connectivity index (χ4n) is 4.35. The molecule has 0 atom stereocenters. The molecule has 4 aromatic rings. The van der Waals surface area contributed by atoms with Gasteiger partial charge in [-0.3, -0.25) is 9.97 Å². The number of hydrogen-bond donors (Lipinski definition) is 0. The van der Waals surface area contributed by atoms with Gasteiger partial charge in [0.2, 0.25) is 0 Å². The van der Waals surface area contributed by atoms with Crippen molar-refractivity contribution in [3.63, 3.8) is 0 Å². The first-order chi connectivity index (χ1) is 15.2. The number of pyridine rings is 2. The predicted octanol–water partition coefficient (Wildman–Crippen LogP) is 7.63. The highest BCUT2D eigenvalue weighted by molar-refractivity contribution is 5.67. The molecule has 0 saturated heterocycles. The molecule has 4 rings (SSSR count). The third-order valence-corrected chi connectivity index (χ3v) is 6.10. The molecular formula is C30H32N2. The number of aromatic nitrogens is 2. The molecule has 0 unspecified atom stereocenters. The van der Waals surface area contributed by atoms with Crippen molar-refractivity contribution in [1.82, 2.24) is 9.97 Å². The van der Waals surface area contributed by atoms with Crippen molar-refractivity contribution >= 4 is 0 Å². The standard InChI is InChI=1S/C30H32N2/c1-29(2,3)25-18-22(17-24(19-25)23-11-10-15-31-21-23)20-30(4,5)27-13-7-6-12-26(27)28-14-8-9-16-32-28/h6-19,21H,20H2,1-5H3. The number of rotatable bonds is 5. The van der Waals surface area contributed by atoms with Gasteiger partial charge in [-0.25, -0.2) is 0 Å². The molecule has 0 radical (unpaired) electrons. The average molecular weight is 421 g/mol. The summed E-state index contributed by atoms with van der Waals surface area (Å²) in [5.74, 6) is 0. The second kappa shape index (κ2) is 8.70. The second-order valence-electron chi connectivity index (χ2n) is 10.2. The smallest absolute Gasteiger partial charge is 0.0704 e. The number of nitrogens with zero attached hydrogens (tertiary/aromatic N) is 2. The minimum absolute atomic E-state index is 0.0587. The molecule has 0 amide bonds. The quantitative estimate of drug-likeness (QED) is 0.332. The Morgan fingerprint density at radius 3 is 2.19 bits per heavy atom. The summed E-state index contributed by atoms with van der Waals surface area (Å²) in [5.41, 5.74) is 8.65. The molecule has 2 aromatic heterocycles. The van der Waals surface area contributed by atoms with Crippen LogP contribution in [0.2, 0.25) is 0 Å². The Labute approximate surface area is 192 Å². The van der Waals surface area contributed by atoms with Gasteiger partial charge in [-0.1, -0.05) is 89.2 Å². The first-order valence-corrected chi connectivity index (χ1v) is 11.3. The minimum atomic E-state index is -0.0587. The molecule has 162 valence electrons. The van der Waals surface area contributed by atoms with Gasteiger partial charge in [0.1, 0.15) is 0 Å². The van der Waals surface area contributed by atoms with E-state index in [1.165, 1.54) is 27.8 Å². The van der Waals surface area contributed by atoms with E-state index in [4.69, 9.17) is 0 Å². The van der Waals surface area contributed by atoms with E-state index in [1.807, 2.05) is 30.7 Å². The van der Waals surface area contributed by atoms with Gasteiger partial charge in [0.15, 0.2) is 0 Å². The van der Waals surface area contributed by atoms with Gasteiger partial charge >= 0.3 is 0 Å². The molecule has 0 aliphatic carbocycles. The molecule has 0 N–H and O–H groups in total. The molecule has 0 saturated carbocycles. The topological polar surface area (TPSA) is 25.8 Å². The maximum absolute atomic E-state index is 4.62. The van der Waals surface area contributed by atoms with Gasteiger partial charge in [0, 0.05) is 29.7 Å². The van der Waals surface area contributed by atoms with Crippen molar-refractivity contribution in [2.24, 2.45) is 0 Å². The molecule has 0 bridgehead atoms. The van der Waals surface area contributed by atoms with Crippen molar-refractivity contribution in [2.45, 2.75) is 51.9 Å². The van der Waals surface area contributed by atoms with Crippen LogP contribution >= 0.6 is 0 Å². The van der Waals surface area contributed by atoms with Crippen molar-refractivity contribution < 1.29 is 0 Å². The number of hydrogen-bond acceptors (Lipinski definition) is 2. The summed E-state index contributed by atoms with van der Waals surface area (Å²) in [4.78, 5) is 8.97. The molecule has 2 nitrogen and oxygen atoms in total. The van der Waals surface area contributed by atoms with Gasteiger partial charge in [0.05, 0.1) is 5.69 Å². The fourth-order valence-corrected chi connectivity index (χ4v) is 4.35. The average Bonchev–Trinajstić information content (AvgIpc) is 2.79. The maximum atomic E-state index is 4.62. The highest BCUT2D eigenvalue weighted by Crippen LogP contribution is 2.37. The Morgan fingerprint density at radius 1 is 0.719 bits per heavy atom. The van der Waals surface area contributed by atoms with Gasteiger partial charge in [-0.15, -0.1) is 0 Å². The Hall–Kier alpha value is -3.26. The summed E-state index contributed by atoms with van der Waals surface area (Å²) in [6, 6.07) is 26.0. The van der Waals surface area contributed by atoms with Crippen LogP contribution in [0.15, 0.2) is 91.4 Å². The molecule has 0 aliphatic rings. The summed E-state index contributed by atoms with van der Waals surface area (Å²) in [6.45, 7) is 11.5. The lowest BCUT2D eigenvalue weighted by atomic mass is 9.75. The van der Waals surface area contributed by atoms with Gasteiger partial charge in [0.25, 0.3) is 0 Å².